The van der Waals surface area contributed by atoms with Gasteiger partial charge in [-0.05, 0) is 33.4 Å². The summed E-state index contributed by atoms with van der Waals surface area (Å²) >= 11 is 5.06. The molecule has 2 aromatic heterocycles. The average molecular weight is 396 g/mol. The maximum atomic E-state index is 12.3. The van der Waals surface area contributed by atoms with E-state index in [-0.39, 0.29) is 11.9 Å². The summed E-state index contributed by atoms with van der Waals surface area (Å²) in [5, 5.41) is 5.11. The molecule has 3 rings (SSSR count). The molecule has 5 nitrogen and oxygen atoms in total. The number of morpholine rings is 1. The zero-order valence-electron chi connectivity index (χ0n) is 12.6. The van der Waals surface area contributed by atoms with Crippen molar-refractivity contribution < 1.29 is 9.53 Å². The standard InChI is InChI=1S/C16H18BrN3O2S/c17-13-8-12(9-18-10-13)16(21)19-11-14(15-2-1-7-23-15)20-3-5-22-6-4-20/h1-2,7-10,14H,3-6,11H2,(H,19,21)/t14-/m1/s1. The van der Waals surface area contributed by atoms with Gasteiger partial charge < -0.3 is 10.1 Å². The number of rotatable bonds is 5. The van der Waals surface area contributed by atoms with Gasteiger partial charge in [0.15, 0.2) is 0 Å². The minimum Gasteiger partial charge on any atom is -0.379 e. The van der Waals surface area contributed by atoms with Crippen LogP contribution in [0.1, 0.15) is 21.3 Å². The Morgan fingerprint density at radius 1 is 1.43 bits per heavy atom. The SMILES string of the molecule is O=C(NC[C@H](c1cccs1)N1CCOCC1)c1cncc(Br)c1. The molecule has 2 aromatic rings. The van der Waals surface area contributed by atoms with Crippen LogP contribution in [0.25, 0.3) is 0 Å². The minimum absolute atomic E-state index is 0.103. The first kappa shape index (κ1) is 16.6. The Balaban J connectivity index is 1.67. The second-order valence-electron chi connectivity index (χ2n) is 5.28. The summed E-state index contributed by atoms with van der Waals surface area (Å²) in [6, 6.07) is 6.13. The van der Waals surface area contributed by atoms with Crippen molar-refractivity contribution in [2.24, 2.45) is 0 Å². The Kier molecular flexibility index (Phi) is 5.77. The van der Waals surface area contributed by atoms with E-state index in [1.807, 2.05) is 6.07 Å². The number of pyridine rings is 1. The lowest BCUT2D eigenvalue weighted by Gasteiger charge is -2.34. The number of carbonyl (C=O) groups is 1. The fourth-order valence-electron chi connectivity index (χ4n) is 2.61. The molecule has 1 aliphatic heterocycles. The van der Waals surface area contributed by atoms with E-state index in [1.54, 1.807) is 29.8 Å². The Hall–Kier alpha value is -1.28. The lowest BCUT2D eigenvalue weighted by Crippen LogP contribution is -2.43. The van der Waals surface area contributed by atoms with E-state index in [2.05, 4.69) is 42.6 Å². The maximum Gasteiger partial charge on any atom is 0.252 e. The van der Waals surface area contributed by atoms with Gasteiger partial charge in [0.2, 0.25) is 0 Å². The number of nitrogens with zero attached hydrogens (tertiary/aromatic N) is 2. The second kappa shape index (κ2) is 8.01. The summed E-state index contributed by atoms with van der Waals surface area (Å²) in [5.41, 5.74) is 0.561. The van der Waals surface area contributed by atoms with Gasteiger partial charge >= 0.3 is 0 Å². The molecule has 1 amide bonds. The summed E-state index contributed by atoms with van der Waals surface area (Å²) in [5.74, 6) is -0.103. The highest BCUT2D eigenvalue weighted by Gasteiger charge is 2.24. The zero-order chi connectivity index (χ0) is 16.1. The number of hydrogen-bond acceptors (Lipinski definition) is 5. The largest absolute Gasteiger partial charge is 0.379 e. The molecule has 0 aliphatic carbocycles. The van der Waals surface area contributed by atoms with Gasteiger partial charge in [0.1, 0.15) is 0 Å². The van der Waals surface area contributed by atoms with Gasteiger partial charge in [-0.25, -0.2) is 0 Å². The van der Waals surface area contributed by atoms with Crippen LogP contribution < -0.4 is 5.32 Å². The molecule has 0 radical (unpaired) electrons. The Labute approximate surface area is 147 Å². The molecule has 0 unspecified atom stereocenters. The molecule has 0 aromatic carbocycles. The molecular weight excluding hydrogens is 378 g/mol. The Bertz CT molecular complexity index is 645. The predicted molar refractivity (Wildman–Crippen MR) is 93.7 cm³/mol. The Morgan fingerprint density at radius 3 is 2.96 bits per heavy atom. The number of halogens is 1. The summed E-state index contributed by atoms with van der Waals surface area (Å²) in [6.45, 7) is 3.83. The highest BCUT2D eigenvalue weighted by atomic mass is 79.9. The molecule has 3 heterocycles. The number of nitrogens with one attached hydrogen (secondary N) is 1. The van der Waals surface area contributed by atoms with Crippen LogP contribution in [0.2, 0.25) is 0 Å². The smallest absolute Gasteiger partial charge is 0.252 e. The third-order valence-corrected chi connectivity index (χ3v) is 5.19. The van der Waals surface area contributed by atoms with E-state index < -0.39 is 0 Å². The first-order valence-corrected chi connectivity index (χ1v) is 9.15. The van der Waals surface area contributed by atoms with Crippen molar-refractivity contribution in [1.82, 2.24) is 15.2 Å². The molecule has 122 valence electrons. The van der Waals surface area contributed by atoms with E-state index in [0.717, 1.165) is 30.8 Å². The van der Waals surface area contributed by atoms with Gasteiger partial charge in [-0.3, -0.25) is 14.7 Å². The van der Waals surface area contributed by atoms with E-state index in [0.29, 0.717) is 12.1 Å². The van der Waals surface area contributed by atoms with Gasteiger partial charge in [-0.15, -0.1) is 11.3 Å². The van der Waals surface area contributed by atoms with Crippen molar-refractivity contribution in [2.75, 3.05) is 32.8 Å². The van der Waals surface area contributed by atoms with Crippen molar-refractivity contribution in [2.45, 2.75) is 6.04 Å². The van der Waals surface area contributed by atoms with Crippen molar-refractivity contribution in [3.8, 4) is 0 Å². The van der Waals surface area contributed by atoms with Gasteiger partial charge in [0.05, 0.1) is 24.8 Å². The normalized spacial score (nSPS) is 16.9. The molecule has 1 aliphatic rings. The number of aromatic nitrogens is 1. The molecule has 1 atom stereocenters. The predicted octanol–water partition coefficient (Wildman–Crippen LogP) is 2.71. The van der Waals surface area contributed by atoms with Crippen molar-refractivity contribution >= 4 is 33.2 Å². The molecule has 1 saturated heterocycles. The molecule has 1 fully saturated rings. The molecule has 0 spiro atoms. The highest BCUT2D eigenvalue weighted by Crippen LogP contribution is 2.25. The molecular formula is C16H18BrN3O2S. The fourth-order valence-corrected chi connectivity index (χ4v) is 3.83. The summed E-state index contributed by atoms with van der Waals surface area (Å²) < 4.78 is 6.24. The van der Waals surface area contributed by atoms with E-state index in [1.165, 1.54) is 4.88 Å². The molecule has 0 bridgehead atoms. The van der Waals surface area contributed by atoms with Gasteiger partial charge in [0.25, 0.3) is 5.91 Å². The lowest BCUT2D eigenvalue weighted by molar-refractivity contribution is 0.0169. The minimum atomic E-state index is -0.103. The third-order valence-electron chi connectivity index (χ3n) is 3.78. The van der Waals surface area contributed by atoms with E-state index in [9.17, 15) is 4.79 Å². The fraction of sp³-hybridized carbons (Fsp3) is 0.375. The van der Waals surface area contributed by atoms with Crippen LogP contribution >= 0.6 is 27.3 Å². The van der Waals surface area contributed by atoms with Crippen LogP contribution in [-0.2, 0) is 4.74 Å². The van der Waals surface area contributed by atoms with Gasteiger partial charge in [-0.1, -0.05) is 6.07 Å². The van der Waals surface area contributed by atoms with E-state index in [4.69, 9.17) is 4.74 Å². The lowest BCUT2D eigenvalue weighted by atomic mass is 10.1. The molecule has 1 N–H and O–H groups in total. The number of ether oxygens (including phenoxy) is 1. The highest BCUT2D eigenvalue weighted by molar-refractivity contribution is 9.10. The molecule has 0 saturated carbocycles. The van der Waals surface area contributed by atoms with Gasteiger partial charge in [-0.2, -0.15) is 0 Å². The number of amides is 1. The average Bonchev–Trinajstić information content (AvgIpc) is 3.10. The second-order valence-corrected chi connectivity index (χ2v) is 7.18. The monoisotopic (exact) mass is 395 g/mol. The third kappa shape index (κ3) is 4.38. The van der Waals surface area contributed by atoms with Crippen molar-refractivity contribution in [3.05, 3.63) is 50.9 Å². The summed E-state index contributed by atoms with van der Waals surface area (Å²) in [6.07, 6.45) is 3.24. The topological polar surface area (TPSA) is 54.5 Å². The van der Waals surface area contributed by atoms with Crippen LogP contribution in [0.5, 0.6) is 0 Å². The van der Waals surface area contributed by atoms with Crippen LogP contribution in [0.3, 0.4) is 0 Å². The number of hydrogen-bond donors (Lipinski definition) is 1. The molecule has 23 heavy (non-hydrogen) atoms. The first-order valence-electron chi connectivity index (χ1n) is 7.48. The summed E-state index contributed by atoms with van der Waals surface area (Å²) in [4.78, 5) is 20.0. The van der Waals surface area contributed by atoms with Crippen LogP contribution in [0, 0.1) is 0 Å². The van der Waals surface area contributed by atoms with Gasteiger partial charge in [0, 0.05) is 41.4 Å². The quantitative estimate of drug-likeness (QED) is 0.845. The Morgan fingerprint density at radius 2 is 2.26 bits per heavy atom. The maximum absolute atomic E-state index is 12.3. The number of thiophene rings is 1. The summed E-state index contributed by atoms with van der Waals surface area (Å²) in [7, 11) is 0. The van der Waals surface area contributed by atoms with Crippen molar-refractivity contribution in [1.29, 1.82) is 0 Å². The number of carbonyl (C=O) groups excluding carboxylic acids is 1. The van der Waals surface area contributed by atoms with Crippen LogP contribution in [-0.4, -0.2) is 48.6 Å². The molecule has 7 heteroatoms. The van der Waals surface area contributed by atoms with Crippen molar-refractivity contribution in [3.63, 3.8) is 0 Å². The van der Waals surface area contributed by atoms with E-state index >= 15 is 0 Å². The van der Waals surface area contributed by atoms with Crippen LogP contribution in [0.4, 0.5) is 0 Å². The van der Waals surface area contributed by atoms with Crippen LogP contribution in [0.15, 0.2) is 40.4 Å². The zero-order valence-corrected chi connectivity index (χ0v) is 15.0. The first-order chi connectivity index (χ1) is 11.2.